The predicted octanol–water partition coefficient (Wildman–Crippen LogP) is 3.78. The SMILES string of the molecule is C=C/C(NCCCCCCNS)=C1/N=CCC/C1=C/C. The maximum atomic E-state index is 4.53. The second-order valence-corrected chi connectivity index (χ2v) is 5.20. The summed E-state index contributed by atoms with van der Waals surface area (Å²) < 4.78 is 2.88. The minimum atomic E-state index is 0.978. The summed E-state index contributed by atoms with van der Waals surface area (Å²) in [4.78, 5) is 4.53. The lowest BCUT2D eigenvalue weighted by atomic mass is 10.0. The third-order valence-electron chi connectivity index (χ3n) is 3.41. The van der Waals surface area contributed by atoms with E-state index in [-0.39, 0.29) is 0 Å². The molecule has 0 saturated carbocycles. The van der Waals surface area contributed by atoms with Crippen LogP contribution < -0.4 is 10.0 Å². The van der Waals surface area contributed by atoms with Crippen LogP contribution in [0.3, 0.4) is 0 Å². The molecule has 0 aromatic rings. The summed E-state index contributed by atoms with van der Waals surface area (Å²) in [6.07, 6.45) is 13.0. The Kier molecular flexibility index (Phi) is 9.16. The number of unbranched alkanes of at least 4 members (excludes halogenated alkanes) is 3. The molecule has 20 heavy (non-hydrogen) atoms. The van der Waals surface area contributed by atoms with Crippen molar-refractivity contribution in [3.05, 3.63) is 35.7 Å². The highest BCUT2D eigenvalue weighted by Gasteiger charge is 2.11. The largest absolute Gasteiger partial charge is 0.383 e. The molecule has 1 rings (SSSR count). The van der Waals surface area contributed by atoms with Crippen molar-refractivity contribution in [3.63, 3.8) is 0 Å². The zero-order valence-corrected chi connectivity index (χ0v) is 13.4. The van der Waals surface area contributed by atoms with Gasteiger partial charge in [0.1, 0.15) is 0 Å². The Morgan fingerprint density at radius 3 is 2.75 bits per heavy atom. The number of aliphatic imine (C=N–C) groups is 1. The first kappa shape index (κ1) is 17.1. The van der Waals surface area contributed by atoms with E-state index in [0.717, 1.165) is 37.3 Å². The fourth-order valence-electron chi connectivity index (χ4n) is 2.26. The van der Waals surface area contributed by atoms with Crippen LogP contribution >= 0.6 is 12.8 Å². The molecule has 0 saturated heterocycles. The Morgan fingerprint density at radius 1 is 1.35 bits per heavy atom. The Bertz CT molecular complexity index is 383. The molecule has 0 aliphatic carbocycles. The molecule has 1 aliphatic rings. The van der Waals surface area contributed by atoms with Gasteiger partial charge in [0.15, 0.2) is 0 Å². The Hall–Kier alpha value is -1.00. The molecule has 2 N–H and O–H groups in total. The first-order chi connectivity index (χ1) is 9.83. The number of thiol groups is 1. The standard InChI is InChI=1S/C16H27N3S/c1-3-14-10-9-12-18-16(14)15(4-2)17-11-7-5-6-8-13-19-20/h3-4,12,17,19-20H,2,5-11,13H2,1H3/b14-3-,16-15-. The van der Waals surface area contributed by atoms with Crippen LogP contribution in [-0.2, 0) is 0 Å². The third-order valence-corrected chi connectivity index (χ3v) is 3.63. The molecule has 0 amide bonds. The van der Waals surface area contributed by atoms with Crippen molar-refractivity contribution in [2.24, 2.45) is 4.99 Å². The fourth-order valence-corrected chi connectivity index (χ4v) is 2.42. The topological polar surface area (TPSA) is 36.4 Å². The Labute approximate surface area is 128 Å². The highest BCUT2D eigenvalue weighted by molar-refractivity contribution is 7.78. The molecule has 0 radical (unpaired) electrons. The molecule has 0 fully saturated rings. The molecular weight excluding hydrogens is 266 g/mol. The van der Waals surface area contributed by atoms with Gasteiger partial charge in [-0.2, -0.15) is 0 Å². The summed E-state index contributed by atoms with van der Waals surface area (Å²) in [6.45, 7) is 7.94. The van der Waals surface area contributed by atoms with Gasteiger partial charge in [0.05, 0.1) is 11.4 Å². The van der Waals surface area contributed by atoms with Crippen LogP contribution in [0.1, 0.15) is 45.4 Å². The summed E-state index contributed by atoms with van der Waals surface area (Å²) in [7, 11) is 0. The first-order valence-electron chi connectivity index (χ1n) is 7.49. The fraction of sp³-hybridized carbons (Fsp3) is 0.562. The van der Waals surface area contributed by atoms with Gasteiger partial charge in [0.2, 0.25) is 0 Å². The molecule has 0 bridgehead atoms. The molecule has 3 nitrogen and oxygen atoms in total. The zero-order valence-electron chi connectivity index (χ0n) is 12.5. The van der Waals surface area contributed by atoms with Crippen LogP contribution in [0.2, 0.25) is 0 Å². The van der Waals surface area contributed by atoms with Gasteiger partial charge >= 0.3 is 0 Å². The minimum absolute atomic E-state index is 0.978. The minimum Gasteiger partial charge on any atom is -0.383 e. The third kappa shape index (κ3) is 5.97. The van der Waals surface area contributed by atoms with Crippen LogP contribution in [0.15, 0.2) is 40.7 Å². The Balaban J connectivity index is 2.41. The predicted molar refractivity (Wildman–Crippen MR) is 92.2 cm³/mol. The number of nitrogens with one attached hydrogen (secondary N) is 2. The highest BCUT2D eigenvalue weighted by Crippen LogP contribution is 2.23. The van der Waals surface area contributed by atoms with Gasteiger partial charge in [-0.15, -0.1) is 0 Å². The van der Waals surface area contributed by atoms with E-state index < -0.39 is 0 Å². The number of rotatable bonds is 9. The lowest BCUT2D eigenvalue weighted by Crippen LogP contribution is -2.16. The van der Waals surface area contributed by atoms with Crippen molar-refractivity contribution in [1.29, 1.82) is 0 Å². The van der Waals surface area contributed by atoms with Crippen LogP contribution in [0.25, 0.3) is 0 Å². The van der Waals surface area contributed by atoms with Crippen LogP contribution in [0, 0.1) is 0 Å². The van der Waals surface area contributed by atoms with Crippen molar-refractivity contribution < 1.29 is 0 Å². The van der Waals surface area contributed by atoms with E-state index in [2.05, 4.69) is 47.4 Å². The number of allylic oxidation sites excluding steroid dienone is 3. The molecule has 112 valence electrons. The van der Waals surface area contributed by atoms with Crippen LogP contribution in [-0.4, -0.2) is 19.3 Å². The molecular formula is C16H27N3S. The van der Waals surface area contributed by atoms with Crippen molar-refractivity contribution in [3.8, 4) is 0 Å². The zero-order chi connectivity index (χ0) is 14.6. The summed E-state index contributed by atoms with van der Waals surface area (Å²) in [5.74, 6) is 0. The maximum absolute atomic E-state index is 4.53. The van der Waals surface area contributed by atoms with Gasteiger partial charge in [-0.1, -0.05) is 38.3 Å². The number of hydrogen-bond acceptors (Lipinski definition) is 4. The highest BCUT2D eigenvalue weighted by atomic mass is 32.1. The van der Waals surface area contributed by atoms with Crippen molar-refractivity contribution in [1.82, 2.24) is 10.0 Å². The van der Waals surface area contributed by atoms with E-state index in [9.17, 15) is 0 Å². The van der Waals surface area contributed by atoms with Crippen LogP contribution in [0.4, 0.5) is 0 Å². The molecule has 0 aromatic carbocycles. The normalized spacial score (nSPS) is 19.2. The van der Waals surface area contributed by atoms with Crippen LogP contribution in [0.5, 0.6) is 0 Å². The lowest BCUT2D eigenvalue weighted by molar-refractivity contribution is 0.617. The monoisotopic (exact) mass is 293 g/mol. The molecule has 0 atom stereocenters. The van der Waals surface area contributed by atoms with E-state index in [0.29, 0.717) is 0 Å². The van der Waals surface area contributed by atoms with Gasteiger partial charge in [-0.05, 0) is 44.3 Å². The molecule has 0 spiro atoms. The van der Waals surface area contributed by atoms with Gasteiger partial charge in [0, 0.05) is 19.3 Å². The maximum Gasteiger partial charge on any atom is 0.0885 e. The number of hydrogen-bond donors (Lipinski definition) is 3. The second-order valence-electron chi connectivity index (χ2n) is 4.88. The Morgan fingerprint density at radius 2 is 2.10 bits per heavy atom. The summed E-state index contributed by atoms with van der Waals surface area (Å²) in [5, 5.41) is 3.47. The first-order valence-corrected chi connectivity index (χ1v) is 7.93. The van der Waals surface area contributed by atoms with Gasteiger partial charge in [0.25, 0.3) is 0 Å². The van der Waals surface area contributed by atoms with E-state index in [1.807, 2.05) is 12.3 Å². The quantitative estimate of drug-likeness (QED) is 0.447. The van der Waals surface area contributed by atoms with Gasteiger partial charge in [-0.3, -0.25) is 9.71 Å². The van der Waals surface area contributed by atoms with Gasteiger partial charge < -0.3 is 5.32 Å². The van der Waals surface area contributed by atoms with E-state index in [1.54, 1.807) is 0 Å². The molecule has 1 aliphatic heterocycles. The molecule has 4 heteroatoms. The van der Waals surface area contributed by atoms with E-state index in [1.165, 1.54) is 31.3 Å². The molecule has 0 aromatic heterocycles. The van der Waals surface area contributed by atoms with Crippen molar-refractivity contribution >= 4 is 19.0 Å². The number of nitrogens with zero attached hydrogens (tertiary/aromatic N) is 1. The van der Waals surface area contributed by atoms with Crippen molar-refractivity contribution in [2.75, 3.05) is 13.1 Å². The second kappa shape index (κ2) is 10.7. The average Bonchev–Trinajstić information content (AvgIpc) is 2.50. The van der Waals surface area contributed by atoms with E-state index >= 15 is 0 Å². The van der Waals surface area contributed by atoms with Gasteiger partial charge in [-0.25, -0.2) is 0 Å². The average molecular weight is 293 g/mol. The van der Waals surface area contributed by atoms with Crippen molar-refractivity contribution in [2.45, 2.75) is 45.4 Å². The smallest absolute Gasteiger partial charge is 0.0885 e. The summed E-state index contributed by atoms with van der Waals surface area (Å²) in [5.41, 5.74) is 3.44. The molecule has 1 heterocycles. The summed E-state index contributed by atoms with van der Waals surface area (Å²) >= 11 is 3.98. The lowest BCUT2D eigenvalue weighted by Gasteiger charge is -2.16. The molecule has 0 unspecified atom stereocenters. The summed E-state index contributed by atoms with van der Waals surface area (Å²) in [6, 6.07) is 0. The van der Waals surface area contributed by atoms with E-state index in [4.69, 9.17) is 0 Å².